The van der Waals surface area contributed by atoms with Crippen LogP contribution in [0.25, 0.3) is 0 Å². The summed E-state index contributed by atoms with van der Waals surface area (Å²) < 4.78 is 59.5. The van der Waals surface area contributed by atoms with E-state index in [1.165, 1.54) is 26.4 Å². The third-order valence-electron chi connectivity index (χ3n) is 6.03. The van der Waals surface area contributed by atoms with Crippen LogP contribution in [0.15, 0.2) is 12.4 Å². The molecule has 0 aliphatic carbocycles. The number of anilines is 1. The molecule has 2 aromatic heterocycles. The standard InChI is InChI=1S/C23H38N6O7S/c1-14(2)35-20(21-24-10-18(34-7)11-25-21)16(4)37(30,31)28-23-27-26-22(19-9-8-15(3)36-19)29(23)17(12-32-5)13-33-6/h10-11,14-17,19-20H,8-9,12-13H2,1-7H3,(H,27,28)/t15-,16?,19-,20?/m0/s1. The van der Waals surface area contributed by atoms with Gasteiger partial charge in [0.25, 0.3) is 0 Å². The summed E-state index contributed by atoms with van der Waals surface area (Å²) in [5.41, 5.74) is 0. The number of hydrogen-bond donors (Lipinski definition) is 1. The maximum atomic E-state index is 13.6. The maximum absolute atomic E-state index is 13.6. The smallest absolute Gasteiger partial charge is 0.240 e. The fraction of sp³-hybridized carbons (Fsp3) is 0.739. The van der Waals surface area contributed by atoms with Crippen LogP contribution in [0.5, 0.6) is 5.75 Å². The monoisotopic (exact) mass is 542 g/mol. The highest BCUT2D eigenvalue weighted by molar-refractivity contribution is 7.93. The van der Waals surface area contributed by atoms with Gasteiger partial charge in [0.15, 0.2) is 17.4 Å². The predicted octanol–water partition coefficient (Wildman–Crippen LogP) is 2.45. The first-order valence-corrected chi connectivity index (χ1v) is 13.8. The van der Waals surface area contributed by atoms with Crippen molar-refractivity contribution in [2.24, 2.45) is 0 Å². The Labute approximate surface area is 218 Å². The number of nitrogens with zero attached hydrogens (tertiary/aromatic N) is 5. The van der Waals surface area contributed by atoms with Crippen molar-refractivity contribution in [3.05, 3.63) is 24.0 Å². The highest BCUT2D eigenvalue weighted by Gasteiger charge is 2.37. The molecule has 0 bridgehead atoms. The van der Waals surface area contributed by atoms with Crippen LogP contribution >= 0.6 is 0 Å². The molecule has 0 spiro atoms. The van der Waals surface area contributed by atoms with Crippen LogP contribution in [0.2, 0.25) is 0 Å². The number of rotatable bonds is 14. The van der Waals surface area contributed by atoms with E-state index in [2.05, 4.69) is 24.9 Å². The molecule has 3 rings (SSSR count). The van der Waals surface area contributed by atoms with Crippen molar-refractivity contribution in [1.82, 2.24) is 24.7 Å². The van der Waals surface area contributed by atoms with Gasteiger partial charge in [-0.05, 0) is 40.5 Å². The molecule has 14 heteroatoms. The number of nitrogens with one attached hydrogen (secondary N) is 1. The summed E-state index contributed by atoms with van der Waals surface area (Å²) in [6, 6.07) is -0.389. The SMILES string of the molecule is COCC(COC)n1c(NS(=O)(=O)C(C)C(OC(C)C)c2ncc(OC)cn2)nnc1[C@@H]1CC[C@H](C)O1. The van der Waals surface area contributed by atoms with Crippen LogP contribution < -0.4 is 9.46 Å². The van der Waals surface area contributed by atoms with E-state index in [9.17, 15) is 8.42 Å². The molecule has 3 heterocycles. The van der Waals surface area contributed by atoms with Gasteiger partial charge in [0.2, 0.25) is 16.0 Å². The molecule has 1 aliphatic rings. The lowest BCUT2D eigenvalue weighted by Gasteiger charge is -2.26. The second kappa shape index (κ2) is 12.9. The number of aromatic nitrogens is 5. The Morgan fingerprint density at radius 2 is 1.73 bits per heavy atom. The van der Waals surface area contributed by atoms with E-state index in [1.807, 2.05) is 20.8 Å². The zero-order valence-corrected chi connectivity index (χ0v) is 23.3. The molecule has 0 radical (unpaired) electrons. The van der Waals surface area contributed by atoms with E-state index in [0.29, 0.717) is 11.6 Å². The van der Waals surface area contributed by atoms with Crippen molar-refractivity contribution >= 4 is 16.0 Å². The van der Waals surface area contributed by atoms with Gasteiger partial charge >= 0.3 is 0 Å². The van der Waals surface area contributed by atoms with Gasteiger partial charge in [-0.1, -0.05) is 0 Å². The average Bonchev–Trinajstić information content (AvgIpc) is 3.47. The molecule has 1 aliphatic heterocycles. The normalized spacial score (nSPS) is 19.9. The van der Waals surface area contributed by atoms with Gasteiger partial charge < -0.3 is 23.7 Å². The lowest BCUT2D eigenvalue weighted by atomic mass is 10.2. The van der Waals surface area contributed by atoms with Crippen molar-refractivity contribution in [1.29, 1.82) is 0 Å². The highest BCUT2D eigenvalue weighted by Crippen LogP contribution is 2.35. The largest absolute Gasteiger partial charge is 0.494 e. The lowest BCUT2D eigenvalue weighted by molar-refractivity contribution is 0.00147. The summed E-state index contributed by atoms with van der Waals surface area (Å²) in [5, 5.41) is 7.43. The fourth-order valence-corrected chi connectivity index (χ4v) is 5.25. The Kier molecular flexibility index (Phi) is 10.2. The minimum atomic E-state index is -4.06. The van der Waals surface area contributed by atoms with E-state index in [0.717, 1.165) is 12.8 Å². The van der Waals surface area contributed by atoms with Crippen LogP contribution in [0.4, 0.5) is 5.95 Å². The van der Waals surface area contributed by atoms with Gasteiger partial charge in [-0.2, -0.15) is 0 Å². The first kappa shape index (κ1) is 29.2. The van der Waals surface area contributed by atoms with Crippen LogP contribution in [0, 0.1) is 0 Å². The van der Waals surface area contributed by atoms with E-state index < -0.39 is 21.4 Å². The molecular weight excluding hydrogens is 504 g/mol. The van der Waals surface area contributed by atoms with E-state index >= 15 is 0 Å². The zero-order valence-electron chi connectivity index (χ0n) is 22.4. The Balaban J connectivity index is 1.96. The van der Waals surface area contributed by atoms with Crippen LogP contribution in [-0.2, 0) is 29.0 Å². The number of ether oxygens (including phenoxy) is 5. The van der Waals surface area contributed by atoms with Gasteiger partial charge in [-0.3, -0.25) is 9.29 Å². The van der Waals surface area contributed by atoms with Crippen LogP contribution in [0.3, 0.4) is 0 Å². The molecule has 0 aromatic carbocycles. The second-order valence-electron chi connectivity index (χ2n) is 9.27. The van der Waals surface area contributed by atoms with Crippen LogP contribution in [0.1, 0.15) is 70.4 Å². The van der Waals surface area contributed by atoms with Crippen molar-refractivity contribution in [3.63, 3.8) is 0 Å². The van der Waals surface area contributed by atoms with Gasteiger partial charge in [0, 0.05) is 14.2 Å². The Bertz CT molecular complexity index is 1090. The minimum absolute atomic E-state index is 0.0445. The molecule has 1 saturated heterocycles. The third-order valence-corrected chi connectivity index (χ3v) is 7.72. The van der Waals surface area contributed by atoms with Crippen molar-refractivity contribution in [2.75, 3.05) is 39.3 Å². The van der Waals surface area contributed by atoms with E-state index in [4.69, 9.17) is 23.7 Å². The van der Waals surface area contributed by atoms with Gasteiger partial charge in [0.1, 0.15) is 17.5 Å². The average molecular weight is 543 g/mol. The molecule has 2 unspecified atom stereocenters. The topological polar surface area (TPSA) is 149 Å². The quantitative estimate of drug-likeness (QED) is 0.375. The first-order chi connectivity index (χ1) is 17.6. The van der Waals surface area contributed by atoms with Crippen molar-refractivity contribution < 1.29 is 32.1 Å². The summed E-state index contributed by atoms with van der Waals surface area (Å²) in [5.74, 6) is 1.23. The number of methoxy groups -OCH3 is 3. The summed E-state index contributed by atoms with van der Waals surface area (Å²) in [7, 11) is 0.569. The Morgan fingerprint density at radius 1 is 1.08 bits per heavy atom. The molecule has 0 amide bonds. The molecule has 0 saturated carbocycles. The molecule has 4 atom stereocenters. The molecule has 37 heavy (non-hydrogen) atoms. The molecule has 2 aromatic rings. The Morgan fingerprint density at radius 3 is 2.24 bits per heavy atom. The highest BCUT2D eigenvalue weighted by atomic mass is 32.2. The zero-order chi connectivity index (χ0) is 27.2. The number of sulfonamides is 1. The van der Waals surface area contributed by atoms with E-state index in [1.54, 1.807) is 18.8 Å². The molecule has 1 N–H and O–H groups in total. The number of hydrogen-bond acceptors (Lipinski definition) is 11. The summed E-state index contributed by atoms with van der Waals surface area (Å²) in [6.45, 7) is 7.66. The maximum Gasteiger partial charge on any atom is 0.240 e. The second-order valence-corrected chi connectivity index (χ2v) is 11.3. The molecule has 1 fully saturated rings. The van der Waals surface area contributed by atoms with Crippen molar-refractivity contribution in [2.45, 2.75) is 76.2 Å². The molecule has 208 valence electrons. The van der Waals surface area contributed by atoms with Gasteiger partial charge in [0.05, 0.1) is 51.0 Å². The van der Waals surface area contributed by atoms with Crippen molar-refractivity contribution in [3.8, 4) is 5.75 Å². The summed E-state index contributed by atoms with van der Waals surface area (Å²) >= 11 is 0. The first-order valence-electron chi connectivity index (χ1n) is 12.2. The van der Waals surface area contributed by atoms with E-state index in [-0.39, 0.29) is 49.3 Å². The summed E-state index contributed by atoms with van der Waals surface area (Å²) in [4.78, 5) is 8.53. The molecular formula is C23H38N6O7S. The summed E-state index contributed by atoms with van der Waals surface area (Å²) in [6.07, 6.45) is 3.06. The minimum Gasteiger partial charge on any atom is -0.494 e. The fourth-order valence-electron chi connectivity index (χ4n) is 4.16. The third kappa shape index (κ3) is 7.13. The van der Waals surface area contributed by atoms with Gasteiger partial charge in [-0.25, -0.2) is 18.4 Å². The predicted molar refractivity (Wildman–Crippen MR) is 135 cm³/mol. The molecule has 13 nitrogen and oxygen atoms in total. The van der Waals surface area contributed by atoms with Crippen LogP contribution in [-0.4, -0.2) is 85.2 Å². The van der Waals surface area contributed by atoms with Gasteiger partial charge in [-0.15, -0.1) is 10.2 Å². The Hall–Kier alpha value is -2.39. The lowest BCUT2D eigenvalue weighted by Crippen LogP contribution is -2.35.